The summed E-state index contributed by atoms with van der Waals surface area (Å²) in [5.74, 6) is 1.89. The highest BCUT2D eigenvalue weighted by molar-refractivity contribution is 6.31. The predicted octanol–water partition coefficient (Wildman–Crippen LogP) is 2.42. The van der Waals surface area contributed by atoms with Gasteiger partial charge in [-0.05, 0) is 24.3 Å². The minimum atomic E-state index is -0.335. The molecule has 0 bridgehead atoms. The number of halogens is 2. The number of carbonyl (C=O) groups excluding carboxylic acids is 1. The van der Waals surface area contributed by atoms with Crippen LogP contribution in [0.2, 0.25) is 5.02 Å². The van der Waals surface area contributed by atoms with E-state index in [-0.39, 0.29) is 18.3 Å². The number of nitrogens with zero attached hydrogens (tertiary/aromatic N) is 4. The van der Waals surface area contributed by atoms with Gasteiger partial charge in [-0.1, -0.05) is 11.6 Å². The number of rotatable bonds is 7. The molecule has 1 saturated carbocycles. The Morgan fingerprint density at radius 3 is 2.94 bits per heavy atom. The minimum absolute atomic E-state index is 0.0285. The second-order valence-corrected chi connectivity index (χ2v) is 9.56. The van der Waals surface area contributed by atoms with Crippen LogP contribution in [0.5, 0.6) is 11.6 Å². The first-order chi connectivity index (χ1) is 17.0. The van der Waals surface area contributed by atoms with Gasteiger partial charge in [0, 0.05) is 49.9 Å². The fourth-order valence-corrected chi connectivity index (χ4v) is 5.37. The molecule has 2 unspecified atom stereocenters. The van der Waals surface area contributed by atoms with Crippen LogP contribution < -0.4 is 20.1 Å². The van der Waals surface area contributed by atoms with E-state index < -0.39 is 0 Å². The molecule has 35 heavy (non-hydrogen) atoms. The monoisotopic (exact) mass is 498 g/mol. The molecule has 0 aromatic carbocycles. The maximum absolute atomic E-state index is 14.6. The summed E-state index contributed by atoms with van der Waals surface area (Å²) in [6.45, 7) is 3.16. The summed E-state index contributed by atoms with van der Waals surface area (Å²) >= 11 is 6.37. The van der Waals surface area contributed by atoms with Crippen molar-refractivity contribution in [1.29, 1.82) is 0 Å². The molecule has 9 nitrogen and oxygen atoms in total. The molecular weight excluding hydrogens is 475 g/mol. The Morgan fingerprint density at radius 2 is 2.14 bits per heavy atom. The van der Waals surface area contributed by atoms with Crippen molar-refractivity contribution < 1.29 is 18.7 Å². The lowest BCUT2D eigenvalue weighted by atomic mass is 10.1. The number of amides is 1. The predicted molar refractivity (Wildman–Crippen MR) is 127 cm³/mol. The third kappa shape index (κ3) is 4.26. The normalized spacial score (nSPS) is 22.9. The third-order valence-corrected chi connectivity index (χ3v) is 7.36. The van der Waals surface area contributed by atoms with Gasteiger partial charge in [0.25, 0.3) is 5.91 Å². The molecule has 1 aliphatic carbocycles. The number of methoxy groups -OCH3 is 1. The first-order valence-corrected chi connectivity index (χ1v) is 11.9. The van der Waals surface area contributed by atoms with Crippen molar-refractivity contribution >= 4 is 34.4 Å². The lowest BCUT2D eigenvalue weighted by Crippen LogP contribution is -2.33. The first kappa shape index (κ1) is 22.4. The van der Waals surface area contributed by atoms with Crippen molar-refractivity contribution in [3.8, 4) is 11.6 Å². The molecule has 5 heterocycles. The molecule has 6 rings (SSSR count). The molecule has 2 N–H and O–H groups in total. The van der Waals surface area contributed by atoms with E-state index in [1.54, 1.807) is 25.3 Å². The lowest BCUT2D eigenvalue weighted by molar-refractivity contribution is -0.118. The molecule has 2 fully saturated rings. The van der Waals surface area contributed by atoms with Crippen molar-refractivity contribution in [2.24, 2.45) is 11.8 Å². The highest BCUT2D eigenvalue weighted by Crippen LogP contribution is 2.45. The van der Waals surface area contributed by atoms with E-state index in [2.05, 4.69) is 30.5 Å². The molecule has 11 heteroatoms. The number of piperidine rings is 1. The lowest BCUT2D eigenvalue weighted by Gasteiger charge is -2.21. The van der Waals surface area contributed by atoms with Crippen LogP contribution in [0.4, 0.5) is 10.2 Å². The van der Waals surface area contributed by atoms with Crippen LogP contribution in [0.1, 0.15) is 11.3 Å². The third-order valence-electron chi connectivity index (χ3n) is 7.03. The standard InChI is InChI=1S/C24H24ClFN6O3/c1-34-21-3-2-17-23(31-21)12(16(26)7-27-17)4-5-32-9-13-14(10-32)22(13)28-8-18-15(25)6-19-24(29-18)30-20(33)11-35-19/h2-3,6-7,13-14,22,28H,4-5,8-11H2,1H3,(H,29,30,33). The molecular formula is C24H24ClFN6O3. The molecule has 3 aliphatic rings. The van der Waals surface area contributed by atoms with Crippen molar-refractivity contribution in [1.82, 2.24) is 25.2 Å². The molecule has 3 aromatic rings. The summed E-state index contributed by atoms with van der Waals surface area (Å²) in [5, 5.41) is 6.78. The van der Waals surface area contributed by atoms with Gasteiger partial charge in [-0.2, -0.15) is 0 Å². The minimum Gasteiger partial charge on any atom is -0.481 e. The fourth-order valence-electron chi connectivity index (χ4n) is 5.16. The SMILES string of the molecule is COc1ccc2ncc(F)c(CCN3CC4C(C3)C4NCc3nc4c(cc3Cl)OCC(=O)N4)c2n1. The molecule has 182 valence electrons. The van der Waals surface area contributed by atoms with E-state index in [0.717, 1.165) is 19.6 Å². The van der Waals surface area contributed by atoms with Gasteiger partial charge in [0.15, 0.2) is 18.2 Å². The van der Waals surface area contributed by atoms with E-state index >= 15 is 0 Å². The topological polar surface area (TPSA) is 102 Å². The Balaban J connectivity index is 1.04. The van der Waals surface area contributed by atoms with Gasteiger partial charge in [-0.25, -0.2) is 14.4 Å². The molecule has 1 amide bonds. The van der Waals surface area contributed by atoms with Crippen LogP contribution in [0.3, 0.4) is 0 Å². The van der Waals surface area contributed by atoms with E-state index in [4.69, 9.17) is 21.1 Å². The Morgan fingerprint density at radius 1 is 1.31 bits per heavy atom. The summed E-state index contributed by atoms with van der Waals surface area (Å²) in [6, 6.07) is 5.63. The van der Waals surface area contributed by atoms with Gasteiger partial charge < -0.3 is 25.0 Å². The smallest absolute Gasteiger partial charge is 0.263 e. The van der Waals surface area contributed by atoms with Crippen LogP contribution in [-0.2, 0) is 17.8 Å². The number of ether oxygens (including phenoxy) is 2. The molecule has 0 radical (unpaired) electrons. The van der Waals surface area contributed by atoms with Crippen LogP contribution in [0.15, 0.2) is 24.4 Å². The highest BCUT2D eigenvalue weighted by atomic mass is 35.5. The maximum atomic E-state index is 14.6. The number of aromatic nitrogens is 3. The number of likely N-dealkylation sites (tertiary alicyclic amines) is 1. The molecule has 2 atom stereocenters. The fraction of sp³-hybridized carbons (Fsp3) is 0.417. The zero-order valence-electron chi connectivity index (χ0n) is 19.1. The Labute approximate surface area is 206 Å². The van der Waals surface area contributed by atoms with Crippen LogP contribution in [0, 0.1) is 17.7 Å². The number of hydrogen-bond donors (Lipinski definition) is 2. The number of pyridine rings is 3. The molecule has 2 aliphatic heterocycles. The molecule has 0 spiro atoms. The van der Waals surface area contributed by atoms with E-state index in [0.29, 0.717) is 75.6 Å². The average molecular weight is 499 g/mol. The summed E-state index contributed by atoms with van der Waals surface area (Å²) in [5.41, 5.74) is 2.48. The molecule has 1 saturated heterocycles. The number of fused-ring (bicyclic) bond motifs is 3. The second-order valence-electron chi connectivity index (χ2n) is 9.15. The summed E-state index contributed by atoms with van der Waals surface area (Å²) < 4.78 is 25.1. The van der Waals surface area contributed by atoms with Gasteiger partial charge in [0.1, 0.15) is 5.82 Å². The second kappa shape index (κ2) is 8.85. The zero-order chi connectivity index (χ0) is 24.1. The quantitative estimate of drug-likeness (QED) is 0.512. The largest absolute Gasteiger partial charge is 0.481 e. The first-order valence-electron chi connectivity index (χ1n) is 11.6. The van der Waals surface area contributed by atoms with E-state index in [1.807, 2.05) is 0 Å². The Kier molecular flexibility index (Phi) is 5.66. The van der Waals surface area contributed by atoms with Gasteiger partial charge in [-0.15, -0.1) is 0 Å². The van der Waals surface area contributed by atoms with Crippen molar-refractivity contribution in [3.63, 3.8) is 0 Å². The van der Waals surface area contributed by atoms with Crippen molar-refractivity contribution in [2.75, 3.05) is 38.7 Å². The number of nitrogens with one attached hydrogen (secondary N) is 2. The number of anilines is 1. The van der Waals surface area contributed by atoms with E-state index in [1.165, 1.54) is 6.20 Å². The van der Waals surface area contributed by atoms with Crippen molar-refractivity contribution in [3.05, 3.63) is 46.5 Å². The number of carbonyl (C=O) groups is 1. The van der Waals surface area contributed by atoms with Crippen molar-refractivity contribution in [2.45, 2.75) is 19.0 Å². The highest BCUT2D eigenvalue weighted by Gasteiger charge is 2.55. The van der Waals surface area contributed by atoms with Gasteiger partial charge in [0.2, 0.25) is 5.88 Å². The Hall–Kier alpha value is -3.08. The Bertz CT molecular complexity index is 1310. The molecule has 3 aromatic heterocycles. The summed E-state index contributed by atoms with van der Waals surface area (Å²) in [6.07, 6.45) is 1.83. The summed E-state index contributed by atoms with van der Waals surface area (Å²) in [4.78, 5) is 27.0. The number of hydrogen-bond acceptors (Lipinski definition) is 8. The van der Waals surface area contributed by atoms with E-state index in [9.17, 15) is 9.18 Å². The maximum Gasteiger partial charge on any atom is 0.263 e. The van der Waals surface area contributed by atoms with Crippen LogP contribution >= 0.6 is 11.6 Å². The van der Waals surface area contributed by atoms with Gasteiger partial charge >= 0.3 is 0 Å². The average Bonchev–Trinajstić information content (AvgIpc) is 3.31. The van der Waals surface area contributed by atoms with Crippen LogP contribution in [0.25, 0.3) is 11.0 Å². The van der Waals surface area contributed by atoms with Gasteiger partial charge in [0.05, 0.1) is 35.1 Å². The zero-order valence-corrected chi connectivity index (χ0v) is 19.8. The van der Waals surface area contributed by atoms with Crippen LogP contribution in [-0.4, -0.2) is 65.2 Å². The summed E-state index contributed by atoms with van der Waals surface area (Å²) in [7, 11) is 1.55. The van der Waals surface area contributed by atoms with Gasteiger partial charge in [-0.3, -0.25) is 9.78 Å².